The summed E-state index contributed by atoms with van der Waals surface area (Å²) < 4.78 is 74.7. The van der Waals surface area contributed by atoms with Gasteiger partial charge < -0.3 is 99.0 Å². The van der Waals surface area contributed by atoms with E-state index >= 15 is 0 Å². The highest BCUT2D eigenvalue weighted by Gasteiger charge is 2.32. The van der Waals surface area contributed by atoms with Gasteiger partial charge in [-0.25, -0.2) is 0 Å². The minimum atomic E-state index is -0.588. The van der Waals surface area contributed by atoms with Crippen LogP contribution in [0.2, 0.25) is 0 Å². The summed E-state index contributed by atoms with van der Waals surface area (Å²) in [5, 5.41) is 77.5. The summed E-state index contributed by atoms with van der Waals surface area (Å²) in [5.41, 5.74) is 17.1. The summed E-state index contributed by atoms with van der Waals surface area (Å²) in [5.74, 6) is 12.4. The van der Waals surface area contributed by atoms with Gasteiger partial charge in [0.1, 0.15) is 102 Å². The number of rotatable bonds is 29. The molecule has 13 heterocycles. The fourth-order valence-corrected chi connectivity index (χ4v) is 21.6. The second-order valence-corrected chi connectivity index (χ2v) is 39.1. The molecule has 4 fully saturated rings. The topological polar surface area (TPSA) is 348 Å². The summed E-state index contributed by atoms with van der Waals surface area (Å²) in [6.07, 6.45) is 17.1. The predicted octanol–water partition coefficient (Wildman–Crippen LogP) is 19.7. The number of aliphatic hydroxyl groups excluding tert-OH is 4. The number of piperidine rings is 4. The molecule has 29 nitrogen and oxygen atoms in total. The molecule has 4 N–H and O–H groups in total. The smallest absolute Gasteiger partial charge is 0.283 e. The van der Waals surface area contributed by atoms with E-state index in [-0.39, 0.29) is 26.4 Å². The van der Waals surface area contributed by atoms with Crippen LogP contribution in [0.25, 0.3) is 96.6 Å². The number of hydrogen-bond acceptors (Lipinski definition) is 30. The first kappa shape index (κ1) is 94.8. The molecule has 0 bridgehead atoms. The van der Waals surface area contributed by atoms with Crippen LogP contribution in [0.5, 0.6) is 28.7 Å². The molecule has 140 heavy (non-hydrogen) atoms. The maximum Gasteiger partial charge on any atom is 0.283 e. The van der Waals surface area contributed by atoms with Gasteiger partial charge >= 0.3 is 0 Å². The van der Waals surface area contributed by atoms with E-state index in [4.69, 9.17) is 59.0 Å². The number of β-amino-alcohol motifs (C(OH)–C–C–N with tert-alkyl or cyclic N) is 4. The van der Waals surface area contributed by atoms with E-state index in [1.165, 1.54) is 80.8 Å². The Morgan fingerprint density at radius 3 is 1.04 bits per heavy atom. The van der Waals surface area contributed by atoms with Gasteiger partial charge in [-0.15, -0.1) is 52.6 Å². The molecule has 4 atom stereocenters. The van der Waals surface area contributed by atoms with Gasteiger partial charge in [-0.3, -0.25) is 0 Å². The number of likely N-dealkylation sites (tertiary alicyclic amines) is 4. The number of furan rings is 4. The van der Waals surface area contributed by atoms with Crippen LogP contribution in [0.4, 0.5) is 0 Å². The lowest BCUT2D eigenvalue weighted by molar-refractivity contribution is 0.0598. The summed E-state index contributed by atoms with van der Waals surface area (Å²) in [4.78, 5) is 10.8. The van der Waals surface area contributed by atoms with Gasteiger partial charge in [-0.1, -0.05) is 97.1 Å². The van der Waals surface area contributed by atoms with Gasteiger partial charge in [0, 0.05) is 88.8 Å². The molecule has 0 unspecified atom stereocenters. The quantitative estimate of drug-likeness (QED) is 0.0338. The van der Waals surface area contributed by atoms with Crippen LogP contribution in [-0.2, 0) is 25.7 Å². The molecule has 4 saturated heterocycles. The van der Waals surface area contributed by atoms with Gasteiger partial charge in [-0.05, 0) is 283 Å². The number of allylic oxidation sites excluding steroid dienone is 1. The number of fused-ring (bicyclic) bond motifs is 7. The van der Waals surface area contributed by atoms with Crippen LogP contribution in [0, 0.1) is 34.6 Å². The summed E-state index contributed by atoms with van der Waals surface area (Å²) in [6, 6.07) is 57.4. The average Bonchev–Trinajstić information content (AvgIpc) is 1.64. The number of aliphatic hydroxyl groups is 4. The molecule has 0 radical (unpaired) electrons. The largest absolute Gasteiger partial charge is 0.496 e. The first-order chi connectivity index (χ1) is 68.4. The number of aromatic nitrogens is 8. The Kier molecular flexibility index (Phi) is 29.5. The Hall–Kier alpha value is -12.8. The van der Waals surface area contributed by atoms with Crippen molar-refractivity contribution in [3.05, 3.63) is 255 Å². The monoisotopic (exact) mass is 1910 g/mol. The van der Waals surface area contributed by atoms with E-state index in [9.17, 15) is 20.4 Å². The van der Waals surface area contributed by atoms with Crippen LogP contribution in [0.3, 0.4) is 0 Å². The van der Waals surface area contributed by atoms with Crippen molar-refractivity contribution in [3.8, 4) is 75.4 Å². The lowest BCUT2D eigenvalue weighted by Gasteiger charge is -2.33. The molecule has 2 aliphatic carbocycles. The highest BCUT2D eigenvalue weighted by atomic mass is 32.2. The molecule has 5 aliphatic heterocycles. The standard InChI is InChI=1S/C28H31N3O4.C28H29N3O4.C27H31N3O5.C27H29N3O4S/c2*1-18-29-30-28(34-18)27-15-24-25(6-3-7-26(24)35-27)33-17-23(32)16-31-12-10-20(11-13-31)22-9-8-19-4-2-5-21(19)14-22;1-17-13-20(7-8-23(17)32-3)19-9-11-30(12-10-19)15-21(31)16-33-24-5-4-6-25-22(24)14-26(35-25)27-29-28-18(2)34-27;1-17-28-29-27(33-17)25-14-22-23(3-2-4-24(22)34-25)32-16-21(31)15-30-10-7-18(8-11-30)19-5-6-26-20(13-19)9-12-35-26/h3,6-9,14-15,20,23,32H,2,4-5,10-13,16-17H2,1H3;2-3,5-9,14-15,20,23,32H,4,10-13,16-17H2,1H3;4-8,13-14,19,21,31H,9-12,15-16H2,1-3H3;2-6,13-14,18,21,31H,7-12,15-16H2,1H3/t2*23-;2*21-/m0000/s1. The van der Waals surface area contributed by atoms with E-state index in [0.29, 0.717) is 165 Å². The third-order valence-corrected chi connectivity index (χ3v) is 29.0. The van der Waals surface area contributed by atoms with Crippen molar-refractivity contribution in [2.24, 2.45) is 0 Å². The van der Waals surface area contributed by atoms with Crippen LogP contribution in [0.1, 0.15) is 161 Å². The van der Waals surface area contributed by atoms with E-state index in [0.717, 1.165) is 137 Å². The van der Waals surface area contributed by atoms with Crippen molar-refractivity contribution in [1.82, 2.24) is 60.4 Å². The molecular formula is C110H120N12O17S. The number of nitrogens with zero attached hydrogens (tertiary/aromatic N) is 12. The van der Waals surface area contributed by atoms with Crippen molar-refractivity contribution in [2.45, 2.75) is 171 Å². The fraction of sp³-hybridized carbons (Fsp3) is 0.400. The lowest BCUT2D eigenvalue weighted by Crippen LogP contribution is -2.40. The van der Waals surface area contributed by atoms with E-state index in [1.54, 1.807) is 45.9 Å². The molecule has 728 valence electrons. The Morgan fingerprint density at radius 2 is 0.679 bits per heavy atom. The molecule has 30 heteroatoms. The number of aryl methyl sites for hydroxylation is 8. The summed E-state index contributed by atoms with van der Waals surface area (Å²) >= 11 is 1.97. The van der Waals surface area contributed by atoms with Crippen molar-refractivity contribution in [3.63, 3.8) is 0 Å². The van der Waals surface area contributed by atoms with Crippen molar-refractivity contribution in [1.29, 1.82) is 0 Å². The Bertz CT molecular complexity index is 6710. The molecule has 7 aliphatic rings. The third-order valence-electron chi connectivity index (χ3n) is 27.9. The summed E-state index contributed by atoms with van der Waals surface area (Å²) in [6.45, 7) is 20.2. The van der Waals surface area contributed by atoms with Crippen LogP contribution in [-0.4, -0.2) is 223 Å². The van der Waals surface area contributed by atoms with Crippen molar-refractivity contribution >= 4 is 61.7 Å². The SMILES string of the molecule is COc1ccc(C2CCN(C[C@H](O)COc3cccc4oc(-c5nnc(C)o5)cc34)CC2)cc1C.Cc1nnc(-c2cc3c(OC[C@@H](O)CN4CCC(c5ccc6c(c5)C=CC6)CC4)cccc3o2)o1.Cc1nnc(-c2cc3c(OC[C@@H](O)CN4CCC(c5ccc6c(c5)CCC6)CC4)cccc3o2)o1.Cc1nnc(-c2cc3c(OC[C@@H](O)CN4CCC(c5ccc6c(c5)CCS6)CC4)cccc3o2)o1. The number of thioether (sulfide) groups is 1. The zero-order valence-electron chi connectivity index (χ0n) is 80.0. The van der Waals surface area contributed by atoms with E-state index in [2.05, 4.69) is 152 Å². The zero-order valence-corrected chi connectivity index (χ0v) is 80.8. The minimum absolute atomic E-state index is 0.205. The van der Waals surface area contributed by atoms with Gasteiger partial charge in [0.15, 0.2) is 23.0 Å². The Morgan fingerprint density at radius 1 is 0.343 bits per heavy atom. The number of ether oxygens (including phenoxy) is 5. The van der Waals surface area contributed by atoms with Gasteiger partial charge in [-0.2, -0.15) is 0 Å². The number of methoxy groups -OCH3 is 1. The highest BCUT2D eigenvalue weighted by molar-refractivity contribution is 7.99. The normalized spacial score (nSPS) is 17.1. The Labute approximate surface area is 816 Å². The first-order valence-corrected chi connectivity index (χ1v) is 50.1. The number of benzene rings is 8. The molecule has 16 aromatic rings. The van der Waals surface area contributed by atoms with E-state index in [1.807, 2.05) is 109 Å². The third kappa shape index (κ3) is 22.8. The minimum Gasteiger partial charge on any atom is -0.496 e. The van der Waals surface area contributed by atoms with Crippen LogP contribution >= 0.6 is 11.8 Å². The second-order valence-electron chi connectivity index (χ2n) is 37.9. The van der Waals surface area contributed by atoms with Gasteiger partial charge in [0.25, 0.3) is 23.6 Å². The zero-order chi connectivity index (χ0) is 95.7. The molecule has 0 saturated carbocycles. The van der Waals surface area contributed by atoms with Crippen LogP contribution < -0.4 is 23.7 Å². The molecule has 8 aromatic heterocycles. The van der Waals surface area contributed by atoms with Crippen LogP contribution in [0.15, 0.2) is 216 Å². The molecule has 0 amide bonds. The maximum atomic E-state index is 10.7. The van der Waals surface area contributed by atoms with Crippen molar-refractivity contribution in [2.75, 3.05) is 118 Å². The lowest BCUT2D eigenvalue weighted by atomic mass is 9.88. The molecular weight excluding hydrogens is 1790 g/mol. The predicted molar refractivity (Wildman–Crippen MR) is 533 cm³/mol. The van der Waals surface area contributed by atoms with Crippen molar-refractivity contribution < 1.29 is 79.4 Å². The average molecular weight is 1910 g/mol. The second kappa shape index (κ2) is 43.6. The van der Waals surface area contributed by atoms with Gasteiger partial charge in [0.2, 0.25) is 23.6 Å². The molecule has 0 spiro atoms. The summed E-state index contributed by atoms with van der Waals surface area (Å²) in [7, 11) is 1.71. The molecule has 23 rings (SSSR count). The molecule has 8 aromatic carbocycles. The van der Waals surface area contributed by atoms with Gasteiger partial charge in [0.05, 0.1) is 28.7 Å². The van der Waals surface area contributed by atoms with E-state index < -0.39 is 24.4 Å². The maximum absolute atomic E-state index is 10.7. The fourth-order valence-electron chi connectivity index (χ4n) is 20.6. The first-order valence-electron chi connectivity index (χ1n) is 49.1. The highest BCUT2D eigenvalue weighted by Crippen LogP contribution is 2.43. The number of hydrogen-bond donors (Lipinski definition) is 4. The Balaban J connectivity index is 0.000000115.